The number of benzene rings is 1. The Bertz CT molecular complexity index is 597. The van der Waals surface area contributed by atoms with Gasteiger partial charge >= 0.3 is 0 Å². The summed E-state index contributed by atoms with van der Waals surface area (Å²) >= 11 is 0. The third-order valence-corrected chi connectivity index (χ3v) is 2.97. The van der Waals surface area contributed by atoms with Gasteiger partial charge in [0.2, 0.25) is 0 Å². The molecule has 0 spiro atoms. The van der Waals surface area contributed by atoms with E-state index in [9.17, 15) is 5.11 Å². The van der Waals surface area contributed by atoms with Crippen molar-refractivity contribution in [2.45, 2.75) is 27.3 Å². The highest BCUT2D eigenvalue weighted by Crippen LogP contribution is 2.20. The van der Waals surface area contributed by atoms with Crippen molar-refractivity contribution >= 4 is 5.69 Å². The van der Waals surface area contributed by atoms with Gasteiger partial charge in [0, 0.05) is 17.4 Å². The van der Waals surface area contributed by atoms with E-state index in [4.69, 9.17) is 4.74 Å². The predicted molar refractivity (Wildman–Crippen MR) is 84.7 cm³/mol. The largest absolute Gasteiger partial charge is 0.506 e. The van der Waals surface area contributed by atoms with Crippen molar-refractivity contribution in [2.75, 3.05) is 11.9 Å². The molecule has 0 fully saturated rings. The maximum absolute atomic E-state index is 9.79. The Balaban J connectivity index is 1.99. The monoisotopic (exact) mass is 286 g/mol. The fourth-order valence-corrected chi connectivity index (χ4v) is 1.88. The van der Waals surface area contributed by atoms with E-state index in [-0.39, 0.29) is 5.75 Å². The van der Waals surface area contributed by atoms with Crippen LogP contribution in [0.3, 0.4) is 0 Å². The summed E-state index contributed by atoms with van der Waals surface area (Å²) in [6, 6.07) is 11.3. The second kappa shape index (κ2) is 6.97. The molecule has 0 bridgehead atoms. The molecule has 0 radical (unpaired) electrons. The summed E-state index contributed by atoms with van der Waals surface area (Å²) in [6.07, 6.45) is 0. The van der Waals surface area contributed by atoms with Crippen molar-refractivity contribution in [3.8, 4) is 11.5 Å². The van der Waals surface area contributed by atoms with Gasteiger partial charge in [0.05, 0.1) is 13.2 Å². The summed E-state index contributed by atoms with van der Waals surface area (Å²) < 4.78 is 5.70. The predicted octanol–water partition coefficient (Wildman–Crippen LogP) is 3.74. The van der Waals surface area contributed by atoms with Crippen LogP contribution in [0.15, 0.2) is 36.4 Å². The SMILES string of the molecule is Cc1ccc(O)c(CNc2cccc(OCC(C)C)c2)n1. The first-order chi connectivity index (χ1) is 10.0. The summed E-state index contributed by atoms with van der Waals surface area (Å²) in [4.78, 5) is 4.33. The van der Waals surface area contributed by atoms with Crippen LogP contribution in [0.5, 0.6) is 11.5 Å². The van der Waals surface area contributed by atoms with Gasteiger partial charge in [-0.3, -0.25) is 4.98 Å². The number of hydrogen-bond donors (Lipinski definition) is 2. The van der Waals surface area contributed by atoms with Crippen LogP contribution in [0.2, 0.25) is 0 Å². The van der Waals surface area contributed by atoms with Crippen molar-refractivity contribution in [1.29, 1.82) is 0 Å². The van der Waals surface area contributed by atoms with Crippen molar-refractivity contribution in [2.24, 2.45) is 5.92 Å². The molecule has 21 heavy (non-hydrogen) atoms. The van der Waals surface area contributed by atoms with Gasteiger partial charge in [-0.05, 0) is 37.1 Å². The van der Waals surface area contributed by atoms with Crippen LogP contribution in [0.4, 0.5) is 5.69 Å². The van der Waals surface area contributed by atoms with Crippen LogP contribution in [0.1, 0.15) is 25.2 Å². The normalized spacial score (nSPS) is 10.7. The lowest BCUT2D eigenvalue weighted by atomic mass is 10.2. The number of hydrogen-bond acceptors (Lipinski definition) is 4. The number of rotatable bonds is 6. The van der Waals surface area contributed by atoms with Crippen molar-refractivity contribution < 1.29 is 9.84 Å². The van der Waals surface area contributed by atoms with Gasteiger partial charge in [0.15, 0.2) is 0 Å². The Labute approximate surface area is 125 Å². The quantitative estimate of drug-likeness (QED) is 0.849. The number of aryl methyl sites for hydroxylation is 1. The fraction of sp³-hybridized carbons (Fsp3) is 0.353. The summed E-state index contributed by atoms with van der Waals surface area (Å²) in [5.41, 5.74) is 2.47. The first-order valence-electron chi connectivity index (χ1n) is 7.17. The van der Waals surface area contributed by atoms with Crippen LogP contribution in [-0.2, 0) is 6.54 Å². The Morgan fingerprint density at radius 2 is 2.05 bits per heavy atom. The average molecular weight is 286 g/mol. The lowest BCUT2D eigenvalue weighted by Crippen LogP contribution is -2.05. The molecule has 0 saturated heterocycles. The maximum Gasteiger partial charge on any atom is 0.138 e. The maximum atomic E-state index is 9.79. The molecule has 1 aromatic carbocycles. The minimum absolute atomic E-state index is 0.209. The third-order valence-electron chi connectivity index (χ3n) is 2.97. The molecule has 2 rings (SSSR count). The molecule has 2 N–H and O–H groups in total. The zero-order chi connectivity index (χ0) is 15.2. The van der Waals surface area contributed by atoms with Gasteiger partial charge in [-0.2, -0.15) is 0 Å². The van der Waals surface area contributed by atoms with Crippen molar-refractivity contribution in [3.05, 3.63) is 47.8 Å². The molecule has 0 amide bonds. The van der Waals surface area contributed by atoms with Crippen LogP contribution >= 0.6 is 0 Å². The standard InChI is InChI=1S/C17H22N2O2/c1-12(2)11-21-15-6-4-5-14(9-15)18-10-16-17(20)8-7-13(3)19-16/h4-9,12,18,20H,10-11H2,1-3H3. The van der Waals surface area contributed by atoms with Crippen LogP contribution in [-0.4, -0.2) is 16.7 Å². The number of aromatic hydroxyl groups is 1. The average Bonchev–Trinajstić information content (AvgIpc) is 2.46. The van der Waals surface area contributed by atoms with E-state index < -0.39 is 0 Å². The molecule has 0 aliphatic rings. The highest BCUT2D eigenvalue weighted by molar-refractivity contribution is 5.48. The number of nitrogens with one attached hydrogen (secondary N) is 1. The zero-order valence-electron chi connectivity index (χ0n) is 12.8. The highest BCUT2D eigenvalue weighted by Gasteiger charge is 2.04. The van der Waals surface area contributed by atoms with E-state index in [1.165, 1.54) is 0 Å². The first kappa shape index (κ1) is 15.2. The van der Waals surface area contributed by atoms with Gasteiger partial charge < -0.3 is 15.2 Å². The summed E-state index contributed by atoms with van der Waals surface area (Å²) in [6.45, 7) is 7.32. The molecule has 0 atom stereocenters. The summed E-state index contributed by atoms with van der Waals surface area (Å²) in [7, 11) is 0. The van der Waals surface area contributed by atoms with Gasteiger partial charge in [-0.1, -0.05) is 19.9 Å². The Kier molecular flexibility index (Phi) is 5.04. The summed E-state index contributed by atoms with van der Waals surface area (Å²) in [5, 5.41) is 13.0. The number of anilines is 1. The number of ether oxygens (including phenoxy) is 1. The van der Waals surface area contributed by atoms with Gasteiger partial charge in [-0.15, -0.1) is 0 Å². The van der Waals surface area contributed by atoms with E-state index in [1.54, 1.807) is 12.1 Å². The van der Waals surface area contributed by atoms with Crippen LogP contribution in [0, 0.1) is 12.8 Å². The molecule has 0 aliphatic heterocycles. The lowest BCUT2D eigenvalue weighted by molar-refractivity contribution is 0.271. The van der Waals surface area contributed by atoms with Crippen molar-refractivity contribution in [1.82, 2.24) is 4.98 Å². The molecule has 0 saturated carbocycles. The Morgan fingerprint density at radius 3 is 2.81 bits per heavy atom. The molecular weight excluding hydrogens is 264 g/mol. The molecule has 112 valence electrons. The number of pyridine rings is 1. The minimum atomic E-state index is 0.209. The van der Waals surface area contributed by atoms with Crippen molar-refractivity contribution in [3.63, 3.8) is 0 Å². The smallest absolute Gasteiger partial charge is 0.138 e. The second-order valence-corrected chi connectivity index (χ2v) is 5.50. The molecule has 4 nitrogen and oxygen atoms in total. The van der Waals surface area contributed by atoms with Crippen LogP contribution < -0.4 is 10.1 Å². The number of aromatic nitrogens is 1. The van der Waals surface area contributed by atoms with E-state index >= 15 is 0 Å². The van der Waals surface area contributed by atoms with E-state index in [2.05, 4.69) is 24.1 Å². The topological polar surface area (TPSA) is 54.4 Å². The molecular formula is C17H22N2O2. The molecule has 1 aromatic heterocycles. The van der Waals surface area contributed by atoms with E-state index in [0.717, 1.165) is 17.1 Å². The minimum Gasteiger partial charge on any atom is -0.506 e. The molecule has 2 aromatic rings. The Hall–Kier alpha value is -2.23. The molecule has 1 heterocycles. The van der Waals surface area contributed by atoms with Gasteiger partial charge in [0.25, 0.3) is 0 Å². The van der Waals surface area contributed by atoms with Gasteiger partial charge in [0.1, 0.15) is 17.2 Å². The van der Waals surface area contributed by atoms with E-state index in [0.29, 0.717) is 24.8 Å². The lowest BCUT2D eigenvalue weighted by Gasteiger charge is -2.11. The Morgan fingerprint density at radius 1 is 1.24 bits per heavy atom. The van der Waals surface area contributed by atoms with Gasteiger partial charge in [-0.25, -0.2) is 0 Å². The second-order valence-electron chi connectivity index (χ2n) is 5.50. The molecule has 4 heteroatoms. The van der Waals surface area contributed by atoms with Crippen LogP contribution in [0.25, 0.3) is 0 Å². The molecule has 0 unspecified atom stereocenters. The summed E-state index contributed by atoms with van der Waals surface area (Å²) in [5.74, 6) is 1.55. The van der Waals surface area contributed by atoms with E-state index in [1.807, 2.05) is 31.2 Å². The zero-order valence-corrected chi connectivity index (χ0v) is 12.8. The number of nitrogens with zero attached hydrogens (tertiary/aromatic N) is 1. The fourth-order valence-electron chi connectivity index (χ4n) is 1.88. The third kappa shape index (κ3) is 4.67. The first-order valence-corrected chi connectivity index (χ1v) is 7.17. The highest BCUT2D eigenvalue weighted by atomic mass is 16.5. The molecule has 0 aliphatic carbocycles.